The average molecular weight is 347 g/mol. The summed E-state index contributed by atoms with van der Waals surface area (Å²) in [5, 5.41) is 0. The maximum atomic E-state index is 12.6. The second-order valence-electron chi connectivity index (χ2n) is 5.67. The van der Waals surface area contributed by atoms with Gasteiger partial charge in [0.2, 0.25) is 10.0 Å². The molecule has 1 saturated heterocycles. The summed E-state index contributed by atoms with van der Waals surface area (Å²) in [4.78, 5) is 0.191. The van der Waals surface area contributed by atoms with Gasteiger partial charge in [0.25, 0.3) is 0 Å². The summed E-state index contributed by atoms with van der Waals surface area (Å²) < 4.78 is 56.2. The van der Waals surface area contributed by atoms with Crippen molar-refractivity contribution < 1.29 is 21.6 Å². The van der Waals surface area contributed by atoms with Gasteiger partial charge in [0.05, 0.1) is 23.5 Å². The number of hydrogen-bond acceptors (Lipinski definition) is 5. The summed E-state index contributed by atoms with van der Waals surface area (Å²) in [6, 6.07) is 2.74. The Labute approximate surface area is 131 Å². The first-order chi connectivity index (χ1) is 10.1. The fourth-order valence-electron chi connectivity index (χ4n) is 2.85. The number of ether oxygens (including phenoxy) is 1. The van der Waals surface area contributed by atoms with Crippen LogP contribution in [0.2, 0.25) is 0 Å². The summed E-state index contributed by atoms with van der Waals surface area (Å²) in [6.45, 7) is 3.39. The van der Waals surface area contributed by atoms with Gasteiger partial charge in [0.1, 0.15) is 5.75 Å². The minimum absolute atomic E-state index is 0.131. The van der Waals surface area contributed by atoms with Crippen LogP contribution in [0.25, 0.3) is 0 Å². The first-order valence-corrected chi connectivity index (χ1v) is 10.3. The van der Waals surface area contributed by atoms with Gasteiger partial charge in [0, 0.05) is 6.04 Å². The van der Waals surface area contributed by atoms with Crippen LogP contribution in [0.1, 0.15) is 24.0 Å². The van der Waals surface area contributed by atoms with Gasteiger partial charge in [0.15, 0.2) is 9.84 Å². The van der Waals surface area contributed by atoms with Gasteiger partial charge in [-0.05, 0) is 49.9 Å². The van der Waals surface area contributed by atoms with E-state index < -0.39 is 25.9 Å². The highest BCUT2D eigenvalue weighted by atomic mass is 32.2. The third kappa shape index (κ3) is 3.80. The molecule has 0 amide bonds. The zero-order chi connectivity index (χ0) is 16.5. The SMILES string of the molecule is COc1cc(C)c(S(=O)(=O)NC2CCCS(=O)(=O)C2)c(C)c1. The van der Waals surface area contributed by atoms with Crippen molar-refractivity contribution in [3.63, 3.8) is 0 Å². The third-order valence-corrected chi connectivity index (χ3v) is 7.37. The highest BCUT2D eigenvalue weighted by Gasteiger charge is 2.30. The predicted octanol–water partition coefficient (Wildman–Crippen LogP) is 1.17. The lowest BCUT2D eigenvalue weighted by Gasteiger charge is -2.24. The van der Waals surface area contributed by atoms with E-state index in [1.54, 1.807) is 26.0 Å². The molecule has 2 rings (SSSR count). The van der Waals surface area contributed by atoms with Crippen LogP contribution in [0.15, 0.2) is 17.0 Å². The molecule has 1 fully saturated rings. The molecule has 0 radical (unpaired) electrons. The molecule has 1 atom stereocenters. The maximum absolute atomic E-state index is 12.6. The van der Waals surface area contributed by atoms with Gasteiger partial charge in [-0.15, -0.1) is 0 Å². The Morgan fingerprint density at radius 1 is 1.23 bits per heavy atom. The lowest BCUT2D eigenvalue weighted by molar-refractivity contribution is 0.413. The Hall–Kier alpha value is -1.12. The van der Waals surface area contributed by atoms with Crippen LogP contribution in [0, 0.1) is 13.8 Å². The Kier molecular flexibility index (Phi) is 4.84. The summed E-state index contributed by atoms with van der Waals surface area (Å²) in [7, 11) is -5.41. The van der Waals surface area contributed by atoms with Gasteiger partial charge < -0.3 is 4.74 Å². The van der Waals surface area contributed by atoms with E-state index in [1.807, 2.05) is 0 Å². The molecule has 6 nitrogen and oxygen atoms in total. The summed E-state index contributed by atoms with van der Waals surface area (Å²) in [6.07, 6.45) is 1.02. The van der Waals surface area contributed by atoms with Crippen molar-refractivity contribution in [1.82, 2.24) is 4.72 Å². The lowest BCUT2D eigenvalue weighted by Crippen LogP contribution is -2.43. The monoisotopic (exact) mass is 347 g/mol. The zero-order valence-electron chi connectivity index (χ0n) is 12.9. The van der Waals surface area contributed by atoms with E-state index in [0.717, 1.165) is 0 Å². The number of sulfone groups is 1. The van der Waals surface area contributed by atoms with Crippen molar-refractivity contribution in [2.45, 2.75) is 37.6 Å². The third-order valence-electron chi connectivity index (χ3n) is 3.72. The Morgan fingerprint density at radius 2 is 1.82 bits per heavy atom. The molecule has 124 valence electrons. The first-order valence-electron chi connectivity index (χ1n) is 7.02. The molecule has 1 aromatic rings. The Balaban J connectivity index is 2.31. The van der Waals surface area contributed by atoms with E-state index in [-0.39, 0.29) is 16.4 Å². The van der Waals surface area contributed by atoms with E-state index >= 15 is 0 Å². The molecule has 0 saturated carbocycles. The summed E-state index contributed by atoms with van der Waals surface area (Å²) in [5.74, 6) is 0.584. The van der Waals surface area contributed by atoms with Gasteiger partial charge in [-0.2, -0.15) is 0 Å². The molecule has 1 unspecified atom stereocenters. The normalized spacial score (nSPS) is 21.5. The second kappa shape index (κ2) is 6.17. The molecule has 0 spiro atoms. The van der Waals surface area contributed by atoms with Crippen molar-refractivity contribution in [2.75, 3.05) is 18.6 Å². The number of rotatable bonds is 4. The topological polar surface area (TPSA) is 89.5 Å². The molecule has 8 heteroatoms. The average Bonchev–Trinajstić information content (AvgIpc) is 2.35. The molecule has 1 N–H and O–H groups in total. The van der Waals surface area contributed by atoms with Gasteiger partial charge in [-0.3, -0.25) is 0 Å². The maximum Gasteiger partial charge on any atom is 0.241 e. The molecular weight excluding hydrogens is 326 g/mol. The molecule has 0 bridgehead atoms. The Morgan fingerprint density at radius 3 is 2.32 bits per heavy atom. The second-order valence-corrected chi connectivity index (χ2v) is 9.54. The number of hydrogen-bond donors (Lipinski definition) is 1. The first kappa shape index (κ1) is 17.2. The van der Waals surface area contributed by atoms with E-state index in [2.05, 4.69) is 4.72 Å². The van der Waals surface area contributed by atoms with Crippen molar-refractivity contribution in [3.05, 3.63) is 23.3 Å². The van der Waals surface area contributed by atoms with Crippen LogP contribution < -0.4 is 9.46 Å². The van der Waals surface area contributed by atoms with Crippen LogP contribution in [-0.4, -0.2) is 41.5 Å². The smallest absolute Gasteiger partial charge is 0.241 e. The van der Waals surface area contributed by atoms with Crippen LogP contribution in [0.3, 0.4) is 0 Å². The quantitative estimate of drug-likeness (QED) is 0.883. The zero-order valence-corrected chi connectivity index (χ0v) is 14.6. The van der Waals surface area contributed by atoms with E-state index in [9.17, 15) is 16.8 Å². The van der Waals surface area contributed by atoms with Crippen LogP contribution in [0.5, 0.6) is 5.75 Å². The van der Waals surface area contributed by atoms with Crippen molar-refractivity contribution in [1.29, 1.82) is 0 Å². The number of benzene rings is 1. The molecule has 22 heavy (non-hydrogen) atoms. The summed E-state index contributed by atoms with van der Waals surface area (Å²) in [5.41, 5.74) is 1.14. The largest absolute Gasteiger partial charge is 0.497 e. The van der Waals surface area contributed by atoms with Crippen LogP contribution >= 0.6 is 0 Å². The molecule has 1 aliphatic rings. The molecule has 1 aromatic carbocycles. The number of sulfonamides is 1. The van der Waals surface area contributed by atoms with Crippen molar-refractivity contribution in [3.8, 4) is 5.75 Å². The molecular formula is C14H21NO5S2. The van der Waals surface area contributed by atoms with Crippen LogP contribution in [-0.2, 0) is 19.9 Å². The standard InChI is InChI=1S/C14H21NO5S2/c1-10-7-13(20-3)8-11(2)14(10)22(18,19)15-12-5-4-6-21(16,17)9-12/h7-8,12,15H,4-6,9H2,1-3H3. The summed E-state index contributed by atoms with van der Waals surface area (Å²) >= 11 is 0. The minimum atomic E-state index is -3.77. The van der Waals surface area contributed by atoms with Crippen molar-refractivity contribution in [2.24, 2.45) is 0 Å². The van der Waals surface area contributed by atoms with Gasteiger partial charge >= 0.3 is 0 Å². The minimum Gasteiger partial charge on any atom is -0.497 e. The fraction of sp³-hybridized carbons (Fsp3) is 0.571. The van der Waals surface area contributed by atoms with Crippen molar-refractivity contribution >= 4 is 19.9 Å². The van der Waals surface area contributed by atoms with Crippen LogP contribution in [0.4, 0.5) is 0 Å². The number of aryl methyl sites for hydroxylation is 2. The fourth-order valence-corrected chi connectivity index (χ4v) is 6.31. The highest BCUT2D eigenvalue weighted by Crippen LogP contribution is 2.26. The van der Waals surface area contributed by atoms with Gasteiger partial charge in [-0.1, -0.05) is 0 Å². The molecule has 0 aromatic heterocycles. The number of nitrogens with one attached hydrogen (secondary N) is 1. The lowest BCUT2D eigenvalue weighted by atomic mass is 10.1. The highest BCUT2D eigenvalue weighted by molar-refractivity contribution is 7.91. The van der Waals surface area contributed by atoms with E-state index in [0.29, 0.717) is 29.7 Å². The molecule has 1 aliphatic heterocycles. The molecule has 0 aliphatic carbocycles. The van der Waals surface area contributed by atoms with Gasteiger partial charge in [-0.25, -0.2) is 21.6 Å². The van der Waals surface area contributed by atoms with E-state index in [4.69, 9.17) is 4.74 Å². The number of methoxy groups -OCH3 is 1. The Bertz CT molecular complexity index is 745. The van der Waals surface area contributed by atoms with E-state index in [1.165, 1.54) is 7.11 Å². The molecule has 1 heterocycles. The predicted molar refractivity (Wildman–Crippen MR) is 84.5 cm³/mol.